The highest BCUT2D eigenvalue weighted by Crippen LogP contribution is 2.47. The van der Waals surface area contributed by atoms with Gasteiger partial charge in [-0.05, 0) is 0 Å². The summed E-state index contributed by atoms with van der Waals surface area (Å²) in [6.07, 6.45) is -13.3. The second-order valence-electron chi connectivity index (χ2n) is 7.99. The van der Waals surface area contributed by atoms with E-state index in [0.717, 1.165) is 6.92 Å². The predicted molar refractivity (Wildman–Crippen MR) is 109 cm³/mol. The average molecular weight is 545 g/mol. The standard InChI is InChI=1S/C17H25FN3O14P/c1-5(23)19-9-12(26)10(24)7(3-22)34-16(9)35-36(30,31)32-4-8-11(25)13(27)15(33-8)21-2-6(18)14(28)20-17(21)29/h2,7-13,15-16,22,24-27H,3-4H2,1H3,(H,19,23)(H,30,31)(H,20,28,29)/t7-,8-,9-,10-,11-,12-,13-,15-,16-/m1/s1. The summed E-state index contributed by atoms with van der Waals surface area (Å²) in [5.41, 5.74) is -2.50. The van der Waals surface area contributed by atoms with Gasteiger partial charge in [0.25, 0.3) is 5.56 Å². The van der Waals surface area contributed by atoms with E-state index in [4.69, 9.17) is 18.5 Å². The van der Waals surface area contributed by atoms with E-state index in [1.807, 2.05) is 0 Å². The molecule has 1 aromatic heterocycles. The molecule has 3 heterocycles. The van der Waals surface area contributed by atoms with E-state index in [9.17, 15) is 53.8 Å². The number of aliphatic hydroxyl groups excluding tert-OH is 5. The van der Waals surface area contributed by atoms with Gasteiger partial charge in [0.1, 0.15) is 42.7 Å². The third kappa shape index (κ3) is 6.06. The molecule has 1 amide bonds. The molecule has 0 radical (unpaired) electrons. The Morgan fingerprint density at radius 3 is 2.42 bits per heavy atom. The van der Waals surface area contributed by atoms with Crippen LogP contribution in [-0.2, 0) is 27.9 Å². The molecule has 8 N–H and O–H groups in total. The number of H-pyrrole nitrogens is 1. The van der Waals surface area contributed by atoms with Crippen LogP contribution in [0.25, 0.3) is 0 Å². The molecule has 10 atom stereocenters. The number of nitrogens with one attached hydrogen (secondary N) is 2. The van der Waals surface area contributed by atoms with E-state index in [-0.39, 0.29) is 0 Å². The molecule has 3 rings (SSSR count). The van der Waals surface area contributed by atoms with Crippen LogP contribution in [0.1, 0.15) is 13.2 Å². The van der Waals surface area contributed by atoms with Crippen LogP contribution in [0.15, 0.2) is 15.8 Å². The van der Waals surface area contributed by atoms with Crippen LogP contribution in [-0.4, -0.2) is 108 Å². The van der Waals surface area contributed by atoms with E-state index in [2.05, 4.69) is 5.32 Å². The Morgan fingerprint density at radius 2 is 1.81 bits per heavy atom. The normalized spacial score (nSPS) is 36.4. The zero-order valence-corrected chi connectivity index (χ0v) is 19.3. The Balaban J connectivity index is 1.70. The number of aliphatic hydroxyl groups is 5. The molecular formula is C17H25FN3O14P. The highest BCUT2D eigenvalue weighted by atomic mass is 31.2. The van der Waals surface area contributed by atoms with Crippen LogP contribution in [0.3, 0.4) is 0 Å². The van der Waals surface area contributed by atoms with Gasteiger partial charge >= 0.3 is 13.5 Å². The first-order valence-corrected chi connectivity index (χ1v) is 11.8. The topological polar surface area (TPSA) is 259 Å². The number of hydrogen-bond acceptors (Lipinski definition) is 13. The van der Waals surface area contributed by atoms with E-state index in [1.54, 1.807) is 4.98 Å². The SMILES string of the molecule is CC(=O)N[C@H]1[C@@H](OP(=O)(O)OC[C@H]2O[C@@H](n3cc(F)c(=O)[nH]c3=O)[C@H](O)[C@@H]2O)O[C@H](CO)[C@@H](O)[C@@H]1O. The summed E-state index contributed by atoms with van der Waals surface area (Å²) in [4.78, 5) is 46.3. The fraction of sp³-hybridized carbons (Fsp3) is 0.706. The van der Waals surface area contributed by atoms with Crippen LogP contribution in [0.4, 0.5) is 4.39 Å². The van der Waals surface area contributed by atoms with Gasteiger partial charge in [0.2, 0.25) is 11.7 Å². The highest BCUT2D eigenvalue weighted by Gasteiger charge is 2.49. The lowest BCUT2D eigenvalue weighted by molar-refractivity contribution is -0.248. The minimum absolute atomic E-state index is 0.435. The first-order valence-electron chi connectivity index (χ1n) is 10.3. The van der Waals surface area contributed by atoms with Crippen molar-refractivity contribution in [2.45, 2.75) is 62.1 Å². The minimum atomic E-state index is -5.14. The quantitative estimate of drug-likeness (QED) is 0.143. The third-order valence-corrected chi connectivity index (χ3v) is 6.38. The van der Waals surface area contributed by atoms with Crippen molar-refractivity contribution in [1.82, 2.24) is 14.9 Å². The smallest absolute Gasteiger partial charge is 0.394 e. The van der Waals surface area contributed by atoms with Gasteiger partial charge in [-0.2, -0.15) is 4.39 Å². The molecule has 1 aromatic rings. The second-order valence-corrected chi connectivity index (χ2v) is 9.40. The Labute approximate surface area is 200 Å². The first kappa shape index (κ1) is 28.5. The number of carbonyl (C=O) groups excluding carboxylic acids is 1. The van der Waals surface area contributed by atoms with E-state index in [0.29, 0.717) is 10.8 Å². The fourth-order valence-corrected chi connectivity index (χ4v) is 4.48. The molecule has 2 fully saturated rings. The minimum Gasteiger partial charge on any atom is -0.394 e. The van der Waals surface area contributed by atoms with Gasteiger partial charge in [-0.3, -0.25) is 28.2 Å². The van der Waals surface area contributed by atoms with Crippen molar-refractivity contribution in [2.24, 2.45) is 0 Å². The molecule has 1 unspecified atom stereocenters. The van der Waals surface area contributed by atoms with Gasteiger partial charge in [0.15, 0.2) is 12.5 Å². The second kappa shape index (κ2) is 11.1. The van der Waals surface area contributed by atoms with Crippen LogP contribution >= 0.6 is 7.82 Å². The van der Waals surface area contributed by atoms with Crippen molar-refractivity contribution in [3.63, 3.8) is 0 Å². The van der Waals surface area contributed by atoms with Crippen molar-refractivity contribution >= 4 is 13.7 Å². The van der Waals surface area contributed by atoms with Gasteiger partial charge in [0.05, 0.1) is 19.4 Å². The van der Waals surface area contributed by atoms with Crippen LogP contribution in [0, 0.1) is 5.82 Å². The lowest BCUT2D eigenvalue weighted by Gasteiger charge is -2.42. The van der Waals surface area contributed by atoms with Crippen molar-refractivity contribution in [3.05, 3.63) is 32.9 Å². The Morgan fingerprint density at radius 1 is 1.17 bits per heavy atom. The molecule has 204 valence electrons. The predicted octanol–water partition coefficient (Wildman–Crippen LogP) is -4.63. The Bertz CT molecular complexity index is 1110. The lowest BCUT2D eigenvalue weighted by Crippen LogP contribution is -2.64. The number of hydrogen-bond donors (Lipinski definition) is 8. The average Bonchev–Trinajstić information content (AvgIpc) is 3.08. The van der Waals surface area contributed by atoms with E-state index >= 15 is 0 Å². The highest BCUT2D eigenvalue weighted by molar-refractivity contribution is 7.47. The zero-order chi connectivity index (χ0) is 26.9. The summed E-state index contributed by atoms with van der Waals surface area (Å²) in [6, 6.07) is -1.56. The maximum absolute atomic E-state index is 13.6. The van der Waals surface area contributed by atoms with Gasteiger partial charge < -0.3 is 45.2 Å². The number of phosphoric ester groups is 1. The molecule has 0 saturated carbocycles. The zero-order valence-electron chi connectivity index (χ0n) is 18.4. The summed E-state index contributed by atoms with van der Waals surface area (Å²) in [6.45, 7) is -0.716. The number of rotatable bonds is 8. The monoisotopic (exact) mass is 545 g/mol. The number of ether oxygens (including phenoxy) is 2. The number of aromatic amines is 1. The van der Waals surface area contributed by atoms with E-state index < -0.39 is 99.2 Å². The number of aromatic nitrogens is 2. The Hall–Kier alpha value is -2.09. The van der Waals surface area contributed by atoms with Crippen molar-refractivity contribution in [1.29, 1.82) is 0 Å². The van der Waals surface area contributed by atoms with Gasteiger partial charge in [-0.15, -0.1) is 0 Å². The largest absolute Gasteiger partial charge is 0.474 e. The summed E-state index contributed by atoms with van der Waals surface area (Å²) in [7, 11) is -5.14. The van der Waals surface area contributed by atoms with Crippen molar-refractivity contribution in [3.8, 4) is 0 Å². The van der Waals surface area contributed by atoms with Gasteiger partial charge in [0, 0.05) is 6.92 Å². The molecule has 19 heteroatoms. The third-order valence-electron chi connectivity index (χ3n) is 5.43. The molecule has 2 saturated heterocycles. The van der Waals surface area contributed by atoms with Gasteiger partial charge in [-0.25, -0.2) is 9.36 Å². The number of nitrogens with zero attached hydrogens (tertiary/aromatic N) is 1. The van der Waals surface area contributed by atoms with Crippen LogP contribution < -0.4 is 16.6 Å². The molecule has 2 aliphatic heterocycles. The molecule has 0 spiro atoms. The van der Waals surface area contributed by atoms with Crippen molar-refractivity contribution in [2.75, 3.05) is 13.2 Å². The first-order chi connectivity index (χ1) is 16.8. The molecule has 36 heavy (non-hydrogen) atoms. The van der Waals surface area contributed by atoms with Crippen molar-refractivity contribution < 1.29 is 62.7 Å². The molecule has 2 aliphatic rings. The number of halogens is 1. The number of carbonyl (C=O) groups is 1. The Kier molecular flexibility index (Phi) is 8.79. The number of phosphoric acid groups is 1. The molecular weight excluding hydrogens is 520 g/mol. The molecule has 0 bridgehead atoms. The molecule has 0 aliphatic carbocycles. The maximum atomic E-state index is 13.6. The summed E-state index contributed by atoms with van der Waals surface area (Å²) >= 11 is 0. The van der Waals surface area contributed by atoms with Crippen LogP contribution in [0.5, 0.6) is 0 Å². The summed E-state index contributed by atoms with van der Waals surface area (Å²) in [5, 5.41) is 52.0. The summed E-state index contributed by atoms with van der Waals surface area (Å²) in [5.74, 6) is -2.11. The molecule has 0 aromatic carbocycles. The maximum Gasteiger partial charge on any atom is 0.474 e. The number of amides is 1. The lowest BCUT2D eigenvalue weighted by atomic mass is 9.97. The molecule has 17 nitrogen and oxygen atoms in total. The van der Waals surface area contributed by atoms with Gasteiger partial charge in [-0.1, -0.05) is 0 Å². The fourth-order valence-electron chi connectivity index (χ4n) is 3.64. The summed E-state index contributed by atoms with van der Waals surface area (Å²) < 4.78 is 46.5. The van der Waals surface area contributed by atoms with E-state index in [1.165, 1.54) is 0 Å². The van der Waals surface area contributed by atoms with Crippen LogP contribution in [0.2, 0.25) is 0 Å².